The van der Waals surface area contributed by atoms with Crippen molar-refractivity contribution in [2.24, 2.45) is 0 Å². The lowest BCUT2D eigenvalue weighted by Crippen LogP contribution is -2.24. The molecule has 3 nitrogen and oxygen atoms in total. The average Bonchev–Trinajstić information content (AvgIpc) is 1.87. The lowest BCUT2D eigenvalue weighted by molar-refractivity contribution is -0.149. The molecular weight excluding hydrogens is 130 g/mol. The summed E-state index contributed by atoms with van der Waals surface area (Å²) in [5.74, 6) is -0.436. The summed E-state index contributed by atoms with van der Waals surface area (Å²) in [6, 6.07) is -0.756. The predicted molar refractivity (Wildman–Crippen MR) is 38.4 cm³/mol. The highest BCUT2D eigenvalue weighted by Crippen LogP contribution is 1.97. The number of hydrogen-bond donors (Lipinski definition) is 0. The quantitative estimate of drug-likeness (QED) is 0.555. The molecule has 0 aromatic heterocycles. The van der Waals surface area contributed by atoms with E-state index in [4.69, 9.17) is 10.5 Å². The Morgan fingerprint density at radius 1 is 1.60 bits per heavy atom. The van der Waals surface area contributed by atoms with Gasteiger partial charge >= 0.3 is 5.97 Å². The van der Waals surface area contributed by atoms with Crippen LogP contribution in [0.2, 0.25) is 0 Å². The maximum absolute atomic E-state index is 10.7. The van der Waals surface area contributed by atoms with E-state index in [-0.39, 0.29) is 6.10 Å². The number of esters is 1. The van der Waals surface area contributed by atoms with Gasteiger partial charge in [0.2, 0.25) is 0 Å². The third-order valence-electron chi connectivity index (χ3n) is 1.25. The first-order valence-electron chi connectivity index (χ1n) is 3.49. The molecule has 1 N–H and O–H groups in total. The van der Waals surface area contributed by atoms with Crippen LogP contribution in [0.3, 0.4) is 0 Å². The van der Waals surface area contributed by atoms with Crippen molar-refractivity contribution in [1.29, 1.82) is 0 Å². The minimum absolute atomic E-state index is 0.0553. The maximum atomic E-state index is 10.7. The van der Waals surface area contributed by atoms with Crippen molar-refractivity contribution >= 4 is 5.97 Å². The van der Waals surface area contributed by atoms with E-state index in [2.05, 4.69) is 0 Å². The van der Waals surface area contributed by atoms with Gasteiger partial charge in [-0.25, -0.2) is 5.73 Å². The molecule has 0 spiro atoms. The molecule has 0 heterocycles. The minimum atomic E-state index is -0.756. The van der Waals surface area contributed by atoms with Gasteiger partial charge in [0, 0.05) is 0 Å². The highest BCUT2D eigenvalue weighted by molar-refractivity contribution is 5.74. The van der Waals surface area contributed by atoms with E-state index in [1.807, 2.05) is 13.8 Å². The van der Waals surface area contributed by atoms with Crippen LogP contribution >= 0.6 is 0 Å². The van der Waals surface area contributed by atoms with Crippen LogP contribution < -0.4 is 5.73 Å². The van der Waals surface area contributed by atoms with Crippen LogP contribution in [0.25, 0.3) is 0 Å². The van der Waals surface area contributed by atoms with Gasteiger partial charge in [0.1, 0.15) is 6.04 Å². The van der Waals surface area contributed by atoms with Gasteiger partial charge in [-0.2, -0.15) is 0 Å². The topological polar surface area (TPSA) is 50.1 Å². The van der Waals surface area contributed by atoms with Crippen LogP contribution in [0.4, 0.5) is 0 Å². The lowest BCUT2D eigenvalue weighted by atomic mass is 10.3. The van der Waals surface area contributed by atoms with Gasteiger partial charge in [0.05, 0.1) is 6.10 Å². The van der Waals surface area contributed by atoms with Crippen LogP contribution in [-0.2, 0) is 9.53 Å². The zero-order chi connectivity index (χ0) is 8.15. The van der Waals surface area contributed by atoms with Crippen molar-refractivity contribution in [3.05, 3.63) is 0 Å². The zero-order valence-electron chi connectivity index (χ0n) is 6.68. The molecule has 0 rings (SSSR count). The average molecular weight is 144 g/mol. The monoisotopic (exact) mass is 144 g/mol. The molecule has 1 radical (unpaired) electrons. The van der Waals surface area contributed by atoms with Crippen LogP contribution in [-0.4, -0.2) is 18.1 Å². The summed E-state index contributed by atoms with van der Waals surface area (Å²) in [6.45, 7) is 5.26. The molecule has 0 aliphatic rings. The van der Waals surface area contributed by atoms with Crippen LogP contribution in [0, 0.1) is 0 Å². The van der Waals surface area contributed by atoms with Crippen LogP contribution in [0.1, 0.15) is 27.2 Å². The number of hydrogen-bond acceptors (Lipinski definition) is 2. The van der Waals surface area contributed by atoms with E-state index >= 15 is 0 Å². The van der Waals surface area contributed by atoms with Crippen molar-refractivity contribution in [2.45, 2.75) is 39.3 Å². The maximum Gasteiger partial charge on any atom is 0.324 e. The lowest BCUT2D eigenvalue weighted by Gasteiger charge is -2.11. The first-order valence-corrected chi connectivity index (χ1v) is 3.49. The van der Waals surface area contributed by atoms with Gasteiger partial charge in [-0.05, 0) is 20.3 Å². The molecule has 0 saturated carbocycles. The van der Waals surface area contributed by atoms with Crippen LogP contribution in [0.15, 0.2) is 0 Å². The Hall–Kier alpha value is -0.570. The van der Waals surface area contributed by atoms with E-state index in [9.17, 15) is 4.79 Å². The Labute approximate surface area is 61.5 Å². The molecule has 0 saturated heterocycles. The normalized spacial score (nSPS) is 16.0. The third-order valence-corrected chi connectivity index (χ3v) is 1.25. The summed E-state index contributed by atoms with van der Waals surface area (Å²) in [5.41, 5.74) is 6.98. The molecular formula is C7H14NO2. The Bertz CT molecular complexity index is 112. The Balaban J connectivity index is 3.57. The molecule has 59 valence electrons. The van der Waals surface area contributed by atoms with Crippen molar-refractivity contribution in [2.75, 3.05) is 0 Å². The molecule has 2 atom stereocenters. The van der Waals surface area contributed by atoms with Gasteiger partial charge in [-0.15, -0.1) is 0 Å². The molecule has 0 aromatic carbocycles. The number of nitrogens with one attached hydrogen (secondary N) is 1. The number of carbonyl (C=O) groups excluding carboxylic acids is 1. The van der Waals surface area contributed by atoms with Crippen molar-refractivity contribution < 1.29 is 9.53 Å². The second-order valence-corrected chi connectivity index (χ2v) is 2.38. The van der Waals surface area contributed by atoms with Gasteiger partial charge < -0.3 is 4.74 Å². The minimum Gasteiger partial charge on any atom is -0.461 e. The van der Waals surface area contributed by atoms with E-state index in [0.717, 1.165) is 6.42 Å². The van der Waals surface area contributed by atoms with E-state index < -0.39 is 12.0 Å². The number of carbonyl (C=O) groups is 1. The van der Waals surface area contributed by atoms with Gasteiger partial charge in [-0.3, -0.25) is 4.79 Å². The number of rotatable bonds is 3. The molecule has 0 aromatic rings. The summed E-state index contributed by atoms with van der Waals surface area (Å²) in [7, 11) is 0. The smallest absolute Gasteiger partial charge is 0.324 e. The molecule has 0 amide bonds. The molecule has 2 unspecified atom stereocenters. The second-order valence-electron chi connectivity index (χ2n) is 2.38. The fourth-order valence-electron chi connectivity index (χ4n) is 0.384. The van der Waals surface area contributed by atoms with E-state index in [1.54, 1.807) is 0 Å². The Morgan fingerprint density at radius 3 is 2.40 bits per heavy atom. The van der Waals surface area contributed by atoms with E-state index in [1.165, 1.54) is 6.92 Å². The van der Waals surface area contributed by atoms with Gasteiger partial charge in [-0.1, -0.05) is 6.92 Å². The number of ether oxygens (including phenoxy) is 1. The highest BCUT2D eigenvalue weighted by atomic mass is 16.5. The second kappa shape index (κ2) is 4.28. The van der Waals surface area contributed by atoms with Gasteiger partial charge in [0.25, 0.3) is 0 Å². The van der Waals surface area contributed by atoms with Crippen molar-refractivity contribution in [3.63, 3.8) is 0 Å². The highest BCUT2D eigenvalue weighted by Gasteiger charge is 2.11. The van der Waals surface area contributed by atoms with Crippen LogP contribution in [0.5, 0.6) is 0 Å². The fraction of sp³-hybridized carbons (Fsp3) is 0.857. The fourth-order valence-corrected chi connectivity index (χ4v) is 0.384. The molecule has 0 fully saturated rings. The summed E-state index contributed by atoms with van der Waals surface area (Å²) >= 11 is 0. The van der Waals surface area contributed by atoms with Crippen molar-refractivity contribution in [1.82, 2.24) is 5.73 Å². The zero-order valence-corrected chi connectivity index (χ0v) is 6.68. The van der Waals surface area contributed by atoms with Gasteiger partial charge in [0.15, 0.2) is 0 Å². The molecule has 10 heavy (non-hydrogen) atoms. The molecule has 0 aliphatic heterocycles. The first-order chi connectivity index (χ1) is 4.57. The summed E-state index contributed by atoms with van der Waals surface area (Å²) in [4.78, 5) is 10.7. The standard InChI is InChI=1S/C7H14NO2/c1-4-5(2)10-7(9)6(3)8/h5-6,8H,4H2,1-3H3. The van der Waals surface area contributed by atoms with E-state index in [0.29, 0.717) is 0 Å². The summed E-state index contributed by atoms with van der Waals surface area (Å²) in [5, 5.41) is 0. The van der Waals surface area contributed by atoms with Crippen molar-refractivity contribution in [3.8, 4) is 0 Å². The molecule has 3 heteroatoms. The predicted octanol–water partition coefficient (Wildman–Crippen LogP) is 0.999. The SMILES string of the molecule is CCC(C)OC(=O)C(C)[NH]. The Morgan fingerprint density at radius 2 is 2.10 bits per heavy atom. The third kappa shape index (κ3) is 3.45. The molecule has 0 bridgehead atoms. The summed E-state index contributed by atoms with van der Waals surface area (Å²) in [6.07, 6.45) is 0.749. The first kappa shape index (κ1) is 9.43. The largest absolute Gasteiger partial charge is 0.461 e. The summed E-state index contributed by atoms with van der Waals surface area (Å²) < 4.78 is 4.83. The Kier molecular flexibility index (Phi) is 4.03. The molecule has 0 aliphatic carbocycles.